The van der Waals surface area contributed by atoms with Gasteiger partial charge in [-0.25, -0.2) is 22.9 Å². The number of carbonyl (C=O) groups is 1. The van der Waals surface area contributed by atoms with E-state index in [1.165, 1.54) is 25.1 Å². The summed E-state index contributed by atoms with van der Waals surface area (Å²) >= 11 is 12.4. The number of hydrogen-bond acceptors (Lipinski definition) is 7. The summed E-state index contributed by atoms with van der Waals surface area (Å²) < 4.78 is 68.2. The number of halogens is 5. The maximum absolute atomic E-state index is 14.1. The Kier molecular flexibility index (Phi) is 8.03. The highest BCUT2D eigenvalue weighted by Crippen LogP contribution is 2.39. The fraction of sp³-hybridized carbons (Fsp3) is 0.348. The van der Waals surface area contributed by atoms with Crippen molar-refractivity contribution < 1.29 is 31.5 Å². The Morgan fingerprint density at radius 2 is 1.82 bits per heavy atom. The summed E-state index contributed by atoms with van der Waals surface area (Å²) in [7, 11) is -3.75. The van der Waals surface area contributed by atoms with Gasteiger partial charge in [0.25, 0.3) is 5.56 Å². The number of piperazine rings is 1. The second-order valence-corrected chi connectivity index (χ2v) is 11.8. The van der Waals surface area contributed by atoms with E-state index in [2.05, 4.69) is 10.4 Å². The number of nitrogens with one attached hydrogen (secondary N) is 1. The lowest BCUT2D eigenvalue weighted by Crippen LogP contribution is -2.48. The molecule has 0 aliphatic carbocycles. The van der Waals surface area contributed by atoms with Gasteiger partial charge in [-0.1, -0.05) is 30.1 Å². The molecule has 10 nitrogen and oxygen atoms in total. The Balaban J connectivity index is 1.78. The standard InChI is InChI=1S/C23H22Cl2F3N5O5S/c1-2-39(37,38)18-4-3-13(24)9-17(18)30-33-12-29-20-14(21(33)34)10-16(23(26,27)28)15(19(20)25)11-31-5-7-32(8-6-31)22(35)36/h3-4,9-10,12,30H,2,5-8,11H2,1H3,(H,35,36). The van der Waals surface area contributed by atoms with Gasteiger partial charge in [0, 0.05) is 37.7 Å². The number of benzene rings is 2. The molecular formula is C23H22Cl2F3N5O5S. The molecule has 1 aliphatic heterocycles. The van der Waals surface area contributed by atoms with E-state index in [1.54, 1.807) is 4.90 Å². The van der Waals surface area contributed by atoms with Crippen LogP contribution in [0.15, 0.2) is 40.3 Å². The molecule has 2 N–H and O–H groups in total. The fourth-order valence-corrected chi connectivity index (χ4v) is 5.73. The first kappa shape index (κ1) is 28.9. The van der Waals surface area contributed by atoms with Crippen molar-refractivity contribution in [3.8, 4) is 0 Å². The van der Waals surface area contributed by atoms with Crippen molar-refractivity contribution >= 4 is 55.7 Å². The zero-order chi connectivity index (χ0) is 28.7. The Bertz CT molecular complexity index is 1610. The third-order valence-electron chi connectivity index (χ3n) is 6.32. The molecule has 1 aliphatic rings. The molecule has 1 amide bonds. The Morgan fingerprint density at radius 3 is 2.41 bits per heavy atom. The van der Waals surface area contributed by atoms with Crippen LogP contribution in [0.5, 0.6) is 0 Å². The molecular weight excluding hydrogens is 586 g/mol. The van der Waals surface area contributed by atoms with E-state index in [1.807, 2.05) is 0 Å². The first-order valence-corrected chi connectivity index (χ1v) is 13.9. The molecule has 1 saturated heterocycles. The van der Waals surface area contributed by atoms with Crippen LogP contribution < -0.4 is 11.0 Å². The van der Waals surface area contributed by atoms with Gasteiger partial charge in [0.1, 0.15) is 6.33 Å². The molecule has 0 unspecified atom stereocenters. The van der Waals surface area contributed by atoms with Gasteiger partial charge in [0.15, 0.2) is 9.84 Å². The lowest BCUT2D eigenvalue weighted by Gasteiger charge is -2.33. The van der Waals surface area contributed by atoms with E-state index in [9.17, 15) is 31.2 Å². The van der Waals surface area contributed by atoms with Gasteiger partial charge in [-0.05, 0) is 29.8 Å². The molecule has 1 aromatic heterocycles. The van der Waals surface area contributed by atoms with Crippen LogP contribution in [0.4, 0.5) is 23.7 Å². The van der Waals surface area contributed by atoms with Gasteiger partial charge in [-0.15, -0.1) is 0 Å². The smallest absolute Gasteiger partial charge is 0.416 e. The van der Waals surface area contributed by atoms with Crippen LogP contribution in [0.1, 0.15) is 18.1 Å². The van der Waals surface area contributed by atoms with E-state index >= 15 is 0 Å². The van der Waals surface area contributed by atoms with Crippen LogP contribution in [0.3, 0.4) is 0 Å². The molecule has 3 aromatic rings. The number of nitrogens with zero attached hydrogens (tertiary/aromatic N) is 4. The predicted octanol–water partition coefficient (Wildman–Crippen LogP) is 4.19. The van der Waals surface area contributed by atoms with E-state index in [0.29, 0.717) is 6.07 Å². The monoisotopic (exact) mass is 607 g/mol. The van der Waals surface area contributed by atoms with E-state index in [-0.39, 0.29) is 70.2 Å². The Hall–Kier alpha value is -3.07. The van der Waals surface area contributed by atoms with Crippen molar-refractivity contribution in [2.24, 2.45) is 0 Å². The zero-order valence-electron chi connectivity index (χ0n) is 20.3. The second kappa shape index (κ2) is 10.8. The normalized spacial score (nSPS) is 15.1. The highest BCUT2D eigenvalue weighted by molar-refractivity contribution is 7.91. The van der Waals surface area contributed by atoms with Crippen LogP contribution in [0, 0.1) is 0 Å². The lowest BCUT2D eigenvalue weighted by molar-refractivity contribution is -0.138. The molecule has 0 saturated carbocycles. The molecule has 16 heteroatoms. The SMILES string of the molecule is CCS(=O)(=O)c1ccc(Cl)cc1Nn1cnc2c(Cl)c(CN3CCN(C(=O)O)CC3)c(C(F)(F)F)cc2c1=O. The molecule has 1 fully saturated rings. The number of aromatic nitrogens is 2. The number of fused-ring (bicyclic) bond motifs is 1. The minimum Gasteiger partial charge on any atom is -0.465 e. The highest BCUT2D eigenvalue weighted by Gasteiger charge is 2.37. The topological polar surface area (TPSA) is 125 Å². The molecule has 0 radical (unpaired) electrons. The number of hydrogen-bond donors (Lipinski definition) is 2. The van der Waals surface area contributed by atoms with Crippen molar-refractivity contribution in [2.45, 2.75) is 24.5 Å². The number of amides is 1. The minimum atomic E-state index is -4.87. The number of sulfone groups is 1. The average Bonchev–Trinajstić information content (AvgIpc) is 2.87. The maximum atomic E-state index is 14.1. The van der Waals surface area contributed by atoms with Gasteiger partial charge in [-0.2, -0.15) is 13.2 Å². The summed E-state index contributed by atoms with van der Waals surface area (Å²) in [6.45, 7) is 1.83. The minimum absolute atomic E-state index is 0.0631. The summed E-state index contributed by atoms with van der Waals surface area (Å²) in [5.74, 6) is -0.243. The number of alkyl halides is 3. The number of anilines is 1. The van der Waals surface area contributed by atoms with Crippen LogP contribution in [0.2, 0.25) is 10.0 Å². The van der Waals surface area contributed by atoms with Crippen molar-refractivity contribution in [1.29, 1.82) is 0 Å². The van der Waals surface area contributed by atoms with Crippen LogP contribution >= 0.6 is 23.2 Å². The molecule has 0 atom stereocenters. The van der Waals surface area contributed by atoms with Crippen molar-refractivity contribution in [1.82, 2.24) is 19.5 Å². The molecule has 2 aromatic carbocycles. The van der Waals surface area contributed by atoms with Crippen molar-refractivity contribution in [3.05, 3.63) is 62.1 Å². The zero-order valence-corrected chi connectivity index (χ0v) is 22.6. The molecule has 210 valence electrons. The summed E-state index contributed by atoms with van der Waals surface area (Å²) in [5.41, 5.74) is -0.0202. The quantitative estimate of drug-likeness (QED) is 0.427. The number of carboxylic acid groups (broad SMARTS) is 1. The third-order valence-corrected chi connectivity index (χ3v) is 8.75. The van der Waals surface area contributed by atoms with Gasteiger partial charge in [-0.3, -0.25) is 15.1 Å². The summed E-state index contributed by atoms with van der Waals surface area (Å²) in [5, 5.41) is 8.46. The Morgan fingerprint density at radius 1 is 1.15 bits per heavy atom. The van der Waals surface area contributed by atoms with Crippen LogP contribution in [0.25, 0.3) is 10.9 Å². The van der Waals surface area contributed by atoms with E-state index < -0.39 is 38.6 Å². The van der Waals surface area contributed by atoms with E-state index in [4.69, 9.17) is 28.3 Å². The first-order valence-electron chi connectivity index (χ1n) is 11.5. The molecule has 2 heterocycles. The molecule has 39 heavy (non-hydrogen) atoms. The fourth-order valence-electron chi connectivity index (χ4n) is 4.22. The van der Waals surface area contributed by atoms with Gasteiger partial charge in [0.05, 0.1) is 37.8 Å². The average molecular weight is 608 g/mol. The van der Waals surface area contributed by atoms with Crippen LogP contribution in [-0.4, -0.2) is 71.0 Å². The summed E-state index contributed by atoms with van der Waals surface area (Å²) in [4.78, 5) is 31.1. The predicted molar refractivity (Wildman–Crippen MR) is 139 cm³/mol. The van der Waals surface area contributed by atoms with Crippen molar-refractivity contribution in [3.63, 3.8) is 0 Å². The lowest BCUT2D eigenvalue weighted by atomic mass is 10.0. The van der Waals surface area contributed by atoms with Gasteiger partial charge >= 0.3 is 12.3 Å². The number of rotatable bonds is 6. The van der Waals surface area contributed by atoms with Crippen LogP contribution in [-0.2, 0) is 22.6 Å². The molecule has 0 spiro atoms. The third kappa shape index (κ3) is 5.93. The highest BCUT2D eigenvalue weighted by atomic mass is 35.5. The first-order chi connectivity index (χ1) is 18.2. The van der Waals surface area contributed by atoms with Gasteiger partial charge < -0.3 is 10.0 Å². The largest absolute Gasteiger partial charge is 0.465 e. The molecule has 4 rings (SSSR count). The summed E-state index contributed by atoms with van der Waals surface area (Å²) in [6, 6.07) is 4.54. The molecule has 0 bridgehead atoms. The van der Waals surface area contributed by atoms with Gasteiger partial charge in [0.2, 0.25) is 0 Å². The Labute approximate surface area is 230 Å². The maximum Gasteiger partial charge on any atom is 0.416 e. The second-order valence-electron chi connectivity index (χ2n) is 8.73. The van der Waals surface area contributed by atoms with Crippen molar-refractivity contribution in [2.75, 3.05) is 37.4 Å². The van der Waals surface area contributed by atoms with E-state index in [0.717, 1.165) is 15.9 Å². The summed E-state index contributed by atoms with van der Waals surface area (Å²) in [6.07, 6.45) is -4.99.